The third kappa shape index (κ3) is 4.24. The van der Waals surface area contributed by atoms with Crippen LogP contribution in [0.1, 0.15) is 0 Å². The maximum Gasteiger partial charge on any atom is 0.238 e. The predicted octanol–water partition coefficient (Wildman–Crippen LogP) is 11.8. The smallest absolute Gasteiger partial charge is 0.238 e. The summed E-state index contributed by atoms with van der Waals surface area (Å²) in [5.74, 6) is 1.89. The van der Waals surface area contributed by atoms with Crippen molar-refractivity contribution in [3.05, 3.63) is 164 Å². The van der Waals surface area contributed by atoms with Crippen LogP contribution in [0.5, 0.6) is 0 Å². The number of hydrogen-bond donors (Lipinski definition) is 0. The van der Waals surface area contributed by atoms with E-state index in [1.54, 1.807) is 11.3 Å². The van der Waals surface area contributed by atoms with E-state index in [0.29, 0.717) is 17.6 Å². The molecule has 0 atom stereocenters. The topological polar surface area (TPSA) is 48.5 Å². The van der Waals surface area contributed by atoms with Crippen LogP contribution in [0.15, 0.2) is 164 Å². The lowest BCUT2D eigenvalue weighted by Gasteiger charge is -2.12. The van der Waals surface area contributed by atoms with Crippen LogP contribution in [0.4, 0.5) is 0 Å². The molecule has 0 aliphatic rings. The third-order valence-corrected chi connectivity index (χ3v) is 11.2. The van der Waals surface area contributed by atoms with Gasteiger partial charge in [-0.05, 0) is 48.5 Å². The van der Waals surface area contributed by atoms with Gasteiger partial charge in [-0.15, -0.1) is 11.3 Å². The van der Waals surface area contributed by atoms with Crippen LogP contribution < -0.4 is 0 Å². The fourth-order valence-corrected chi connectivity index (χ4v) is 8.95. The molecular formula is C45H27N5S. The molecule has 6 heteroatoms. The van der Waals surface area contributed by atoms with Gasteiger partial charge in [-0.25, -0.2) is 4.98 Å². The first-order chi connectivity index (χ1) is 25.3. The number of benzene rings is 7. The summed E-state index contributed by atoms with van der Waals surface area (Å²) in [6.45, 7) is 0. The normalized spacial score (nSPS) is 11.9. The third-order valence-electron chi connectivity index (χ3n) is 10.00. The number of rotatable bonds is 4. The summed E-state index contributed by atoms with van der Waals surface area (Å²) in [6, 6.07) is 57.8. The summed E-state index contributed by atoms with van der Waals surface area (Å²) < 4.78 is 6.99. The Bertz CT molecular complexity index is 3100. The highest BCUT2D eigenvalue weighted by atomic mass is 32.1. The number of hydrogen-bond acceptors (Lipinski definition) is 4. The van der Waals surface area contributed by atoms with Gasteiger partial charge in [0.1, 0.15) is 0 Å². The maximum atomic E-state index is 5.29. The van der Waals surface area contributed by atoms with Crippen LogP contribution in [-0.2, 0) is 0 Å². The van der Waals surface area contributed by atoms with Gasteiger partial charge in [-0.1, -0.05) is 115 Å². The van der Waals surface area contributed by atoms with E-state index < -0.39 is 0 Å². The minimum atomic E-state index is 0.591. The van der Waals surface area contributed by atoms with Crippen molar-refractivity contribution in [2.45, 2.75) is 0 Å². The van der Waals surface area contributed by atoms with E-state index in [4.69, 9.17) is 15.0 Å². The molecule has 238 valence electrons. The minimum absolute atomic E-state index is 0.591. The maximum absolute atomic E-state index is 5.29. The fourth-order valence-electron chi connectivity index (χ4n) is 7.74. The Morgan fingerprint density at radius 3 is 1.71 bits per heavy atom. The van der Waals surface area contributed by atoms with Gasteiger partial charge < -0.3 is 4.57 Å². The van der Waals surface area contributed by atoms with Gasteiger partial charge in [0.15, 0.2) is 11.6 Å². The van der Waals surface area contributed by atoms with Crippen molar-refractivity contribution in [3.63, 3.8) is 0 Å². The Balaban J connectivity index is 1.18. The highest BCUT2D eigenvalue weighted by Gasteiger charge is 2.21. The van der Waals surface area contributed by atoms with E-state index in [1.807, 2.05) is 18.2 Å². The summed E-state index contributed by atoms with van der Waals surface area (Å²) in [5, 5.41) is 7.24. The monoisotopic (exact) mass is 669 g/mol. The molecule has 0 amide bonds. The van der Waals surface area contributed by atoms with Gasteiger partial charge in [0, 0.05) is 58.5 Å². The highest BCUT2D eigenvalue weighted by Crippen LogP contribution is 2.40. The average molecular weight is 670 g/mol. The van der Waals surface area contributed by atoms with Crippen molar-refractivity contribution in [2.24, 2.45) is 0 Å². The molecular weight excluding hydrogens is 643 g/mol. The second-order valence-corrected chi connectivity index (χ2v) is 13.9. The molecule has 11 rings (SSSR count). The zero-order valence-electron chi connectivity index (χ0n) is 27.2. The van der Waals surface area contributed by atoms with Crippen molar-refractivity contribution < 1.29 is 0 Å². The molecule has 0 bridgehead atoms. The van der Waals surface area contributed by atoms with E-state index in [0.717, 1.165) is 38.6 Å². The molecule has 4 aromatic heterocycles. The second kappa shape index (κ2) is 10.9. The summed E-state index contributed by atoms with van der Waals surface area (Å²) in [4.78, 5) is 15.6. The molecule has 7 aromatic carbocycles. The lowest BCUT2D eigenvalue weighted by Crippen LogP contribution is -2.06. The average Bonchev–Trinajstić information content (AvgIpc) is 3.86. The largest absolute Gasteiger partial charge is 0.309 e. The van der Waals surface area contributed by atoms with Gasteiger partial charge in [0.25, 0.3) is 0 Å². The first-order valence-electron chi connectivity index (χ1n) is 17.0. The molecule has 0 aliphatic carbocycles. The van der Waals surface area contributed by atoms with Gasteiger partial charge >= 0.3 is 0 Å². The zero-order valence-corrected chi connectivity index (χ0v) is 28.0. The van der Waals surface area contributed by atoms with Gasteiger partial charge in [0.05, 0.1) is 22.1 Å². The predicted molar refractivity (Wildman–Crippen MR) is 212 cm³/mol. The molecule has 0 unspecified atom stereocenters. The molecule has 0 saturated heterocycles. The lowest BCUT2D eigenvalue weighted by atomic mass is 10.1. The Hall–Kier alpha value is -6.63. The molecule has 51 heavy (non-hydrogen) atoms. The Kier molecular flexibility index (Phi) is 6.05. The summed E-state index contributed by atoms with van der Waals surface area (Å²) >= 11 is 1.79. The number of aromatic nitrogens is 5. The van der Waals surface area contributed by atoms with Crippen LogP contribution in [0.2, 0.25) is 0 Å². The number of fused-ring (bicyclic) bond motifs is 9. The lowest BCUT2D eigenvalue weighted by molar-refractivity contribution is 0.954. The summed E-state index contributed by atoms with van der Waals surface area (Å²) in [7, 11) is 0. The van der Waals surface area contributed by atoms with E-state index in [1.165, 1.54) is 42.0 Å². The SMILES string of the molecule is c1ccc(-c2nc(-c3cccc4c3sc3ccccc34)nc(-n3c4ccccc4c4cc(-n5c6ccccc6c6ccccc65)ccc43)n2)cc1. The van der Waals surface area contributed by atoms with Gasteiger partial charge in [-0.3, -0.25) is 4.57 Å². The van der Waals surface area contributed by atoms with Crippen LogP contribution in [0.3, 0.4) is 0 Å². The second-order valence-electron chi connectivity index (χ2n) is 12.9. The van der Waals surface area contributed by atoms with Gasteiger partial charge in [-0.2, -0.15) is 9.97 Å². The summed E-state index contributed by atoms with van der Waals surface area (Å²) in [5.41, 5.74) is 7.52. The zero-order chi connectivity index (χ0) is 33.5. The number of nitrogens with zero attached hydrogens (tertiary/aromatic N) is 5. The standard InChI is InChI=1S/C45H27N5S/c1-2-13-28(14-3-1)43-46-44(35-20-12-19-34-33-18-7-11-24-41(33)51-42(34)35)48-45(47-43)50-39-23-10-6-17-32(39)36-27-29(25-26-40(36)50)49-37-21-8-4-15-30(37)31-16-5-9-22-38(31)49/h1-27H. The molecule has 0 spiro atoms. The van der Waals surface area contributed by atoms with Crippen molar-refractivity contribution >= 4 is 75.1 Å². The van der Waals surface area contributed by atoms with Crippen molar-refractivity contribution in [1.29, 1.82) is 0 Å². The summed E-state index contributed by atoms with van der Waals surface area (Å²) in [6.07, 6.45) is 0. The van der Waals surface area contributed by atoms with Crippen LogP contribution in [0, 0.1) is 0 Å². The van der Waals surface area contributed by atoms with E-state index in [9.17, 15) is 0 Å². The minimum Gasteiger partial charge on any atom is -0.309 e. The van der Waals surface area contributed by atoms with E-state index >= 15 is 0 Å². The molecule has 11 aromatic rings. The molecule has 5 nitrogen and oxygen atoms in total. The fraction of sp³-hybridized carbons (Fsp3) is 0. The van der Waals surface area contributed by atoms with Crippen LogP contribution in [0.25, 0.3) is 98.2 Å². The first-order valence-corrected chi connectivity index (χ1v) is 17.9. The highest BCUT2D eigenvalue weighted by molar-refractivity contribution is 7.26. The Morgan fingerprint density at radius 2 is 0.961 bits per heavy atom. The molecule has 0 radical (unpaired) electrons. The molecule has 0 aliphatic heterocycles. The van der Waals surface area contributed by atoms with Crippen LogP contribution in [-0.4, -0.2) is 24.1 Å². The van der Waals surface area contributed by atoms with E-state index in [-0.39, 0.29) is 0 Å². The number of para-hydroxylation sites is 3. The quantitative estimate of drug-likeness (QED) is 0.187. The molecule has 0 N–H and O–H groups in total. The van der Waals surface area contributed by atoms with Gasteiger partial charge in [0.2, 0.25) is 5.95 Å². The van der Waals surface area contributed by atoms with Crippen molar-refractivity contribution in [1.82, 2.24) is 24.1 Å². The Morgan fingerprint density at radius 1 is 0.392 bits per heavy atom. The van der Waals surface area contributed by atoms with Crippen molar-refractivity contribution in [3.8, 4) is 34.4 Å². The number of thiophene rings is 1. The molecule has 0 saturated carbocycles. The molecule has 0 fully saturated rings. The van der Waals surface area contributed by atoms with Crippen molar-refractivity contribution in [2.75, 3.05) is 0 Å². The first kappa shape index (κ1) is 28.2. The molecule has 4 heterocycles. The Labute approximate surface area is 296 Å². The van der Waals surface area contributed by atoms with E-state index in [2.05, 4.69) is 155 Å². The van der Waals surface area contributed by atoms with Crippen LogP contribution >= 0.6 is 11.3 Å².